The van der Waals surface area contributed by atoms with E-state index >= 15 is 0 Å². The summed E-state index contributed by atoms with van der Waals surface area (Å²) in [5.41, 5.74) is 0. The summed E-state index contributed by atoms with van der Waals surface area (Å²) >= 11 is 0. The van der Waals surface area contributed by atoms with E-state index in [1.807, 2.05) is 4.90 Å². The van der Waals surface area contributed by atoms with E-state index in [4.69, 9.17) is 0 Å². The fourth-order valence-electron chi connectivity index (χ4n) is 2.09. The van der Waals surface area contributed by atoms with Crippen molar-refractivity contribution in [2.45, 2.75) is 32.2 Å². The normalized spacial score (nSPS) is 21.5. The maximum absolute atomic E-state index is 11.9. The number of likely N-dealkylation sites (N-methyl/N-ethyl adjacent to an activating group) is 1. The van der Waals surface area contributed by atoms with Crippen molar-refractivity contribution in [1.82, 2.24) is 15.1 Å². The Morgan fingerprint density at radius 1 is 1.50 bits per heavy atom. The lowest BCUT2D eigenvalue weighted by molar-refractivity contribution is -0.132. The van der Waals surface area contributed by atoms with E-state index in [1.165, 1.54) is 6.42 Å². The molecule has 0 aromatic heterocycles. The fraction of sp³-hybridized carbons (Fsp3) is 0.917. The van der Waals surface area contributed by atoms with Crippen LogP contribution in [0.2, 0.25) is 0 Å². The average molecular weight is 227 g/mol. The van der Waals surface area contributed by atoms with Gasteiger partial charge in [0.05, 0.1) is 6.54 Å². The second kappa shape index (κ2) is 6.86. The molecule has 0 aromatic carbocycles. The van der Waals surface area contributed by atoms with Crippen LogP contribution in [0.25, 0.3) is 0 Å². The van der Waals surface area contributed by atoms with Crippen molar-refractivity contribution in [3.8, 4) is 0 Å². The lowest BCUT2D eigenvalue weighted by Crippen LogP contribution is -2.49. The average Bonchev–Trinajstić information content (AvgIpc) is 2.29. The number of amides is 1. The van der Waals surface area contributed by atoms with Crippen molar-refractivity contribution in [1.29, 1.82) is 0 Å². The Labute approximate surface area is 99.0 Å². The minimum Gasteiger partial charge on any atom is -0.340 e. The first kappa shape index (κ1) is 13.5. The van der Waals surface area contributed by atoms with Gasteiger partial charge in [-0.1, -0.05) is 6.92 Å². The standard InChI is InChI=1S/C12H25N3O/c1-4-7-13-9-12(16)15-8-5-6-11(10-15)14(2)3/h11,13H,4-10H2,1-3H3. The van der Waals surface area contributed by atoms with Crippen LogP contribution in [0.15, 0.2) is 0 Å². The number of carbonyl (C=O) groups excluding carboxylic acids is 1. The van der Waals surface area contributed by atoms with Crippen LogP contribution in [-0.4, -0.2) is 62.0 Å². The number of piperidine rings is 1. The molecule has 4 heteroatoms. The van der Waals surface area contributed by atoms with Gasteiger partial charge in [-0.3, -0.25) is 4.79 Å². The zero-order valence-electron chi connectivity index (χ0n) is 10.8. The molecule has 1 N–H and O–H groups in total. The van der Waals surface area contributed by atoms with Gasteiger partial charge in [-0.05, 0) is 39.9 Å². The van der Waals surface area contributed by atoms with Gasteiger partial charge < -0.3 is 15.1 Å². The summed E-state index contributed by atoms with van der Waals surface area (Å²) in [7, 11) is 4.18. The molecule has 1 saturated heterocycles. The first-order valence-electron chi connectivity index (χ1n) is 6.30. The topological polar surface area (TPSA) is 35.6 Å². The SMILES string of the molecule is CCCNCC(=O)N1CCCC(N(C)C)C1. The van der Waals surface area contributed by atoms with Gasteiger partial charge in [0.25, 0.3) is 0 Å². The molecule has 1 rings (SSSR count). The minimum atomic E-state index is 0.250. The highest BCUT2D eigenvalue weighted by molar-refractivity contribution is 5.78. The van der Waals surface area contributed by atoms with Crippen molar-refractivity contribution in [3.63, 3.8) is 0 Å². The zero-order chi connectivity index (χ0) is 12.0. The van der Waals surface area contributed by atoms with Crippen LogP contribution in [0.4, 0.5) is 0 Å². The summed E-state index contributed by atoms with van der Waals surface area (Å²) in [6, 6.07) is 0.531. The van der Waals surface area contributed by atoms with Gasteiger partial charge >= 0.3 is 0 Å². The summed E-state index contributed by atoms with van der Waals surface area (Å²) in [5.74, 6) is 0.250. The Bertz CT molecular complexity index is 218. The Hall–Kier alpha value is -0.610. The molecule has 1 unspecified atom stereocenters. The molecule has 1 aliphatic rings. The molecule has 1 amide bonds. The minimum absolute atomic E-state index is 0.250. The Morgan fingerprint density at radius 3 is 2.88 bits per heavy atom. The largest absolute Gasteiger partial charge is 0.340 e. The number of rotatable bonds is 5. The predicted molar refractivity (Wildman–Crippen MR) is 66.4 cm³/mol. The Kier molecular flexibility index (Phi) is 5.77. The summed E-state index contributed by atoms with van der Waals surface area (Å²) in [6.45, 7) is 5.35. The molecule has 0 saturated carbocycles. The van der Waals surface area contributed by atoms with Crippen LogP contribution in [-0.2, 0) is 4.79 Å². The molecule has 4 nitrogen and oxygen atoms in total. The first-order valence-corrected chi connectivity index (χ1v) is 6.30. The highest BCUT2D eigenvalue weighted by Crippen LogP contribution is 2.13. The third kappa shape index (κ3) is 4.10. The summed E-state index contributed by atoms with van der Waals surface area (Å²) in [4.78, 5) is 16.1. The number of carbonyl (C=O) groups is 1. The summed E-state index contributed by atoms with van der Waals surface area (Å²) < 4.78 is 0. The van der Waals surface area contributed by atoms with Gasteiger partial charge in [-0.15, -0.1) is 0 Å². The molecule has 0 radical (unpaired) electrons. The lowest BCUT2D eigenvalue weighted by atomic mass is 10.0. The van der Waals surface area contributed by atoms with E-state index < -0.39 is 0 Å². The van der Waals surface area contributed by atoms with Crippen LogP contribution in [0, 0.1) is 0 Å². The van der Waals surface area contributed by atoms with E-state index in [-0.39, 0.29) is 5.91 Å². The van der Waals surface area contributed by atoms with E-state index in [2.05, 4.69) is 31.2 Å². The van der Waals surface area contributed by atoms with Crippen molar-refractivity contribution < 1.29 is 4.79 Å². The molecule has 0 spiro atoms. The van der Waals surface area contributed by atoms with Gasteiger partial charge in [0.15, 0.2) is 0 Å². The van der Waals surface area contributed by atoms with Crippen LogP contribution < -0.4 is 5.32 Å². The van der Waals surface area contributed by atoms with Crippen molar-refractivity contribution >= 4 is 5.91 Å². The second-order valence-electron chi connectivity index (χ2n) is 4.78. The first-order chi connectivity index (χ1) is 7.65. The van der Waals surface area contributed by atoms with Gasteiger partial charge in [0.1, 0.15) is 0 Å². The number of nitrogens with one attached hydrogen (secondary N) is 1. The van der Waals surface area contributed by atoms with Crippen molar-refractivity contribution in [2.24, 2.45) is 0 Å². The molecule has 0 aliphatic carbocycles. The molecule has 1 aliphatic heterocycles. The number of likely N-dealkylation sites (tertiary alicyclic amines) is 1. The molecule has 94 valence electrons. The van der Waals surface area contributed by atoms with Gasteiger partial charge in [0.2, 0.25) is 5.91 Å². The monoisotopic (exact) mass is 227 g/mol. The van der Waals surface area contributed by atoms with Crippen LogP contribution in [0.3, 0.4) is 0 Å². The van der Waals surface area contributed by atoms with E-state index in [0.29, 0.717) is 12.6 Å². The van der Waals surface area contributed by atoms with Crippen LogP contribution in [0.1, 0.15) is 26.2 Å². The highest BCUT2D eigenvalue weighted by Gasteiger charge is 2.24. The van der Waals surface area contributed by atoms with E-state index in [1.54, 1.807) is 0 Å². The van der Waals surface area contributed by atoms with Crippen LogP contribution >= 0.6 is 0 Å². The number of hydrogen-bond acceptors (Lipinski definition) is 3. The van der Waals surface area contributed by atoms with Gasteiger partial charge in [-0.2, -0.15) is 0 Å². The summed E-state index contributed by atoms with van der Waals surface area (Å²) in [6.07, 6.45) is 3.41. The van der Waals surface area contributed by atoms with Gasteiger partial charge in [0, 0.05) is 19.1 Å². The zero-order valence-corrected chi connectivity index (χ0v) is 10.8. The maximum Gasteiger partial charge on any atom is 0.236 e. The van der Waals surface area contributed by atoms with E-state index in [0.717, 1.165) is 32.5 Å². The molecule has 1 fully saturated rings. The molecular weight excluding hydrogens is 202 g/mol. The predicted octanol–water partition coefficient (Wildman–Crippen LogP) is 0.539. The molecule has 1 heterocycles. The van der Waals surface area contributed by atoms with E-state index in [9.17, 15) is 4.79 Å². The molecule has 0 aromatic rings. The molecule has 16 heavy (non-hydrogen) atoms. The van der Waals surface area contributed by atoms with Crippen LogP contribution in [0.5, 0.6) is 0 Å². The summed E-state index contributed by atoms with van der Waals surface area (Å²) in [5, 5.41) is 3.17. The maximum atomic E-state index is 11.9. The molecular formula is C12H25N3O. The van der Waals surface area contributed by atoms with Gasteiger partial charge in [-0.25, -0.2) is 0 Å². The third-order valence-electron chi connectivity index (χ3n) is 3.18. The molecule has 0 bridgehead atoms. The quantitative estimate of drug-likeness (QED) is 0.696. The number of hydrogen-bond donors (Lipinski definition) is 1. The lowest BCUT2D eigenvalue weighted by Gasteiger charge is -2.36. The smallest absolute Gasteiger partial charge is 0.236 e. The highest BCUT2D eigenvalue weighted by atomic mass is 16.2. The third-order valence-corrected chi connectivity index (χ3v) is 3.18. The fourth-order valence-corrected chi connectivity index (χ4v) is 2.09. The van der Waals surface area contributed by atoms with Crippen molar-refractivity contribution in [3.05, 3.63) is 0 Å². The molecule has 1 atom stereocenters. The Morgan fingerprint density at radius 2 is 2.25 bits per heavy atom. The Balaban J connectivity index is 2.32. The van der Waals surface area contributed by atoms with Crippen molar-refractivity contribution in [2.75, 3.05) is 40.3 Å². The second-order valence-corrected chi connectivity index (χ2v) is 4.78. The number of nitrogens with zero attached hydrogens (tertiary/aromatic N) is 2.